The molecule has 0 radical (unpaired) electrons. The summed E-state index contributed by atoms with van der Waals surface area (Å²) in [6.07, 6.45) is -1.06. The molecule has 0 unspecified atom stereocenters. The maximum atomic E-state index is 12.9. The van der Waals surface area contributed by atoms with Gasteiger partial charge in [0, 0.05) is 11.1 Å². The zero-order valence-corrected chi connectivity index (χ0v) is 14.5. The Labute approximate surface area is 153 Å². The molecule has 3 rings (SSSR count). The lowest BCUT2D eigenvalue weighted by Crippen LogP contribution is -2.30. The largest absolute Gasteiger partial charge is 0.449 e. The van der Waals surface area contributed by atoms with E-state index in [1.807, 2.05) is 0 Å². The molecule has 1 aromatic heterocycles. The lowest BCUT2D eigenvalue weighted by molar-refractivity contribution is -0.123. The van der Waals surface area contributed by atoms with Gasteiger partial charge in [-0.25, -0.2) is 14.2 Å². The number of esters is 1. The summed E-state index contributed by atoms with van der Waals surface area (Å²) in [5, 5.41) is 3.28. The second-order valence-electron chi connectivity index (χ2n) is 5.55. The van der Waals surface area contributed by atoms with Gasteiger partial charge in [-0.05, 0) is 43.3 Å². The number of halogens is 2. The minimum Gasteiger partial charge on any atom is -0.449 e. The fourth-order valence-corrected chi connectivity index (χ4v) is 2.57. The molecular weight excluding hydrogens is 359 g/mol. The SMILES string of the molecule is C[C@@H](OC(=O)c1cc(Cl)nc2ccccc12)C(=O)Nc1ccc(F)cc1. The second-order valence-corrected chi connectivity index (χ2v) is 5.94. The fraction of sp³-hybridized carbons (Fsp3) is 0.105. The Morgan fingerprint density at radius 3 is 2.58 bits per heavy atom. The normalized spacial score (nSPS) is 11.8. The molecule has 1 amide bonds. The van der Waals surface area contributed by atoms with Gasteiger partial charge in [-0.2, -0.15) is 0 Å². The van der Waals surface area contributed by atoms with Crippen LogP contribution in [0, 0.1) is 5.82 Å². The first-order valence-corrected chi connectivity index (χ1v) is 8.14. The Hall–Kier alpha value is -2.99. The van der Waals surface area contributed by atoms with Crippen LogP contribution in [0.15, 0.2) is 54.6 Å². The number of amides is 1. The van der Waals surface area contributed by atoms with Gasteiger partial charge in [0.15, 0.2) is 6.10 Å². The van der Waals surface area contributed by atoms with Gasteiger partial charge in [-0.3, -0.25) is 4.79 Å². The zero-order chi connectivity index (χ0) is 18.7. The van der Waals surface area contributed by atoms with Crippen LogP contribution in [0.3, 0.4) is 0 Å². The van der Waals surface area contributed by atoms with Crippen molar-refractivity contribution in [2.24, 2.45) is 0 Å². The van der Waals surface area contributed by atoms with E-state index < -0.39 is 23.8 Å². The fourth-order valence-electron chi connectivity index (χ4n) is 2.37. The smallest absolute Gasteiger partial charge is 0.339 e. The molecule has 0 fully saturated rings. The van der Waals surface area contributed by atoms with Crippen LogP contribution in [0.1, 0.15) is 17.3 Å². The highest BCUT2D eigenvalue weighted by Gasteiger charge is 2.21. The molecule has 1 heterocycles. The van der Waals surface area contributed by atoms with Gasteiger partial charge in [0.1, 0.15) is 11.0 Å². The summed E-state index contributed by atoms with van der Waals surface area (Å²) in [4.78, 5) is 28.8. The number of anilines is 1. The summed E-state index contributed by atoms with van der Waals surface area (Å²) in [7, 11) is 0. The van der Waals surface area contributed by atoms with Crippen molar-refractivity contribution in [2.45, 2.75) is 13.0 Å². The van der Waals surface area contributed by atoms with E-state index in [9.17, 15) is 14.0 Å². The van der Waals surface area contributed by atoms with Gasteiger partial charge in [-0.1, -0.05) is 29.8 Å². The second kappa shape index (κ2) is 7.49. The van der Waals surface area contributed by atoms with E-state index in [1.54, 1.807) is 24.3 Å². The minimum absolute atomic E-state index is 0.152. The molecule has 2 aromatic carbocycles. The molecule has 0 saturated carbocycles. The van der Waals surface area contributed by atoms with Crippen LogP contribution in [0.5, 0.6) is 0 Å². The quantitative estimate of drug-likeness (QED) is 0.550. The van der Waals surface area contributed by atoms with Crippen molar-refractivity contribution in [3.05, 3.63) is 71.1 Å². The van der Waals surface area contributed by atoms with Crippen LogP contribution >= 0.6 is 11.6 Å². The molecule has 0 spiro atoms. The van der Waals surface area contributed by atoms with E-state index in [0.717, 1.165) is 0 Å². The Morgan fingerprint density at radius 1 is 1.15 bits per heavy atom. The number of hydrogen-bond acceptors (Lipinski definition) is 4. The maximum Gasteiger partial charge on any atom is 0.339 e. The number of carbonyl (C=O) groups excluding carboxylic acids is 2. The molecule has 3 aromatic rings. The van der Waals surface area contributed by atoms with E-state index in [4.69, 9.17) is 16.3 Å². The Balaban J connectivity index is 1.75. The summed E-state index contributed by atoms with van der Waals surface area (Å²) in [6.45, 7) is 1.45. The lowest BCUT2D eigenvalue weighted by atomic mass is 10.1. The maximum absolute atomic E-state index is 12.9. The Morgan fingerprint density at radius 2 is 1.85 bits per heavy atom. The summed E-state index contributed by atoms with van der Waals surface area (Å²) in [5.74, 6) is -1.63. The first-order valence-electron chi connectivity index (χ1n) is 7.77. The molecule has 1 N–H and O–H groups in total. The molecule has 0 saturated heterocycles. The number of benzene rings is 2. The number of rotatable bonds is 4. The van der Waals surface area contributed by atoms with Crippen LogP contribution in [-0.4, -0.2) is 23.0 Å². The number of ether oxygens (including phenoxy) is 1. The standard InChI is InChI=1S/C19H14ClFN2O3/c1-11(18(24)22-13-8-6-12(21)7-9-13)26-19(25)15-10-17(20)23-16-5-3-2-4-14(15)16/h2-11H,1H3,(H,22,24)/t11-/m1/s1. The van der Waals surface area contributed by atoms with E-state index in [0.29, 0.717) is 16.6 Å². The Kier molecular flexibility index (Phi) is 5.14. The molecular formula is C19H14ClFN2O3. The third-order valence-corrected chi connectivity index (χ3v) is 3.86. The Bertz CT molecular complexity index is 976. The highest BCUT2D eigenvalue weighted by molar-refractivity contribution is 6.30. The molecule has 1 atom stereocenters. The van der Waals surface area contributed by atoms with E-state index in [1.165, 1.54) is 37.3 Å². The van der Waals surface area contributed by atoms with Crippen LogP contribution < -0.4 is 5.32 Å². The van der Waals surface area contributed by atoms with Crippen molar-refractivity contribution in [2.75, 3.05) is 5.32 Å². The molecule has 0 bridgehead atoms. The third kappa shape index (κ3) is 3.97. The number of nitrogens with one attached hydrogen (secondary N) is 1. The molecule has 7 heteroatoms. The minimum atomic E-state index is -1.06. The van der Waals surface area contributed by atoms with E-state index in [-0.39, 0.29) is 10.7 Å². The van der Waals surface area contributed by atoms with Crippen LogP contribution in [0.25, 0.3) is 10.9 Å². The van der Waals surface area contributed by atoms with Crippen LogP contribution in [0.4, 0.5) is 10.1 Å². The number of fused-ring (bicyclic) bond motifs is 1. The predicted molar refractivity (Wildman–Crippen MR) is 96.7 cm³/mol. The van der Waals surface area contributed by atoms with Crippen LogP contribution in [-0.2, 0) is 9.53 Å². The highest BCUT2D eigenvalue weighted by atomic mass is 35.5. The lowest BCUT2D eigenvalue weighted by Gasteiger charge is -2.14. The van der Waals surface area contributed by atoms with Crippen molar-refractivity contribution in [3.8, 4) is 0 Å². The van der Waals surface area contributed by atoms with Gasteiger partial charge in [0.25, 0.3) is 5.91 Å². The molecule has 132 valence electrons. The highest BCUT2D eigenvalue weighted by Crippen LogP contribution is 2.22. The molecule has 0 aliphatic rings. The van der Waals surface area contributed by atoms with E-state index in [2.05, 4.69) is 10.3 Å². The number of nitrogens with zero attached hydrogens (tertiary/aromatic N) is 1. The number of aromatic nitrogens is 1. The van der Waals surface area contributed by atoms with Gasteiger partial charge in [0.05, 0.1) is 11.1 Å². The molecule has 0 aliphatic heterocycles. The van der Waals surface area contributed by atoms with Crippen molar-refractivity contribution in [3.63, 3.8) is 0 Å². The molecule has 26 heavy (non-hydrogen) atoms. The van der Waals surface area contributed by atoms with Crippen molar-refractivity contribution < 1.29 is 18.7 Å². The van der Waals surface area contributed by atoms with Crippen molar-refractivity contribution in [1.82, 2.24) is 4.98 Å². The average molecular weight is 373 g/mol. The average Bonchev–Trinajstić information content (AvgIpc) is 2.62. The van der Waals surface area contributed by atoms with Gasteiger partial charge in [-0.15, -0.1) is 0 Å². The first kappa shape index (κ1) is 17.8. The summed E-state index contributed by atoms with van der Waals surface area (Å²) in [6, 6.07) is 13.7. The summed E-state index contributed by atoms with van der Waals surface area (Å²) >= 11 is 5.96. The van der Waals surface area contributed by atoms with E-state index >= 15 is 0 Å². The summed E-state index contributed by atoms with van der Waals surface area (Å²) < 4.78 is 18.2. The monoisotopic (exact) mass is 372 g/mol. The zero-order valence-electron chi connectivity index (χ0n) is 13.7. The molecule has 0 aliphatic carbocycles. The third-order valence-electron chi connectivity index (χ3n) is 3.67. The number of hydrogen-bond donors (Lipinski definition) is 1. The van der Waals surface area contributed by atoms with Gasteiger partial charge in [0.2, 0.25) is 0 Å². The number of para-hydroxylation sites is 1. The van der Waals surface area contributed by atoms with Crippen molar-refractivity contribution >= 4 is 40.1 Å². The number of pyridine rings is 1. The van der Waals surface area contributed by atoms with Gasteiger partial charge < -0.3 is 10.1 Å². The number of carbonyl (C=O) groups is 2. The van der Waals surface area contributed by atoms with Crippen LogP contribution in [0.2, 0.25) is 5.15 Å². The first-order chi connectivity index (χ1) is 12.4. The summed E-state index contributed by atoms with van der Waals surface area (Å²) in [5.41, 5.74) is 1.18. The molecule has 5 nitrogen and oxygen atoms in total. The topological polar surface area (TPSA) is 68.3 Å². The van der Waals surface area contributed by atoms with Crippen molar-refractivity contribution in [1.29, 1.82) is 0 Å². The predicted octanol–water partition coefficient (Wildman–Crippen LogP) is 4.21. The van der Waals surface area contributed by atoms with Gasteiger partial charge >= 0.3 is 5.97 Å².